The predicted octanol–water partition coefficient (Wildman–Crippen LogP) is 3.60. The van der Waals surface area contributed by atoms with Crippen LogP contribution in [0, 0.1) is 0 Å². The highest BCUT2D eigenvalue weighted by Crippen LogP contribution is 2.23. The van der Waals surface area contributed by atoms with Gasteiger partial charge in [-0.1, -0.05) is 18.6 Å². The lowest BCUT2D eigenvalue weighted by Crippen LogP contribution is -2.48. The van der Waals surface area contributed by atoms with Crippen LogP contribution in [0.1, 0.15) is 58.4 Å². The Morgan fingerprint density at radius 2 is 1.75 bits per heavy atom. The number of aliphatic imine (C=N–C) groups is 1. The van der Waals surface area contributed by atoms with E-state index >= 15 is 0 Å². The molecule has 0 aliphatic heterocycles. The summed E-state index contributed by atoms with van der Waals surface area (Å²) in [5.41, 5.74) is 0.894. The topological polar surface area (TPSA) is 74.8 Å². The van der Waals surface area contributed by atoms with E-state index in [1.165, 1.54) is 19.3 Å². The van der Waals surface area contributed by atoms with Crippen molar-refractivity contribution in [1.82, 2.24) is 16.0 Å². The van der Waals surface area contributed by atoms with Crippen LogP contribution in [0.25, 0.3) is 0 Å². The second-order valence-electron chi connectivity index (χ2n) is 8.10. The first-order valence-electron chi connectivity index (χ1n) is 9.87. The highest BCUT2D eigenvalue weighted by atomic mass is 127. The molecule has 2 rings (SSSR count). The minimum atomic E-state index is -0.239. The Morgan fingerprint density at radius 3 is 2.32 bits per heavy atom. The molecule has 1 aromatic rings. The fourth-order valence-corrected chi connectivity index (χ4v) is 3.09. The molecule has 0 heterocycles. The number of hydrogen-bond acceptors (Lipinski definition) is 3. The molecule has 0 aromatic heterocycles. The van der Waals surface area contributed by atoms with Gasteiger partial charge in [-0.3, -0.25) is 9.79 Å². The van der Waals surface area contributed by atoms with Gasteiger partial charge in [-0.15, -0.1) is 24.0 Å². The van der Waals surface area contributed by atoms with Crippen molar-refractivity contribution in [2.24, 2.45) is 4.99 Å². The average molecular weight is 502 g/mol. The highest BCUT2D eigenvalue weighted by Gasteiger charge is 2.15. The molecule has 7 heteroatoms. The molecule has 1 saturated carbocycles. The van der Waals surface area contributed by atoms with Gasteiger partial charge >= 0.3 is 0 Å². The molecule has 1 aliphatic carbocycles. The molecule has 1 fully saturated rings. The molecule has 3 N–H and O–H groups in total. The maximum absolute atomic E-state index is 11.9. The standard InChI is InChI=1S/C21H34N4O2.HI/c1-21(2,3)25-19(26)15-24-20(22-4)23-14-16-10-12-18(13-11-16)27-17-8-6-5-7-9-17;/h10-13,17H,5-9,14-15H2,1-4H3,(H,25,26)(H2,22,23,24);1H. The van der Waals surface area contributed by atoms with Crippen molar-refractivity contribution in [2.75, 3.05) is 13.6 Å². The number of ether oxygens (including phenoxy) is 1. The summed E-state index contributed by atoms with van der Waals surface area (Å²) in [5, 5.41) is 9.17. The van der Waals surface area contributed by atoms with Crippen molar-refractivity contribution in [1.29, 1.82) is 0 Å². The quantitative estimate of drug-likeness (QED) is 0.316. The van der Waals surface area contributed by atoms with E-state index in [0.29, 0.717) is 18.6 Å². The number of guanidine groups is 1. The van der Waals surface area contributed by atoms with Crippen LogP contribution in [0.15, 0.2) is 29.3 Å². The highest BCUT2D eigenvalue weighted by molar-refractivity contribution is 14.0. The van der Waals surface area contributed by atoms with Crippen LogP contribution in [0.5, 0.6) is 5.75 Å². The first-order valence-corrected chi connectivity index (χ1v) is 9.87. The van der Waals surface area contributed by atoms with E-state index in [1.54, 1.807) is 7.05 Å². The van der Waals surface area contributed by atoms with Gasteiger partial charge in [-0.05, 0) is 64.2 Å². The molecular weight excluding hydrogens is 467 g/mol. The summed E-state index contributed by atoms with van der Waals surface area (Å²) >= 11 is 0. The van der Waals surface area contributed by atoms with Gasteiger partial charge in [-0.2, -0.15) is 0 Å². The lowest BCUT2D eigenvalue weighted by molar-refractivity contribution is -0.121. The van der Waals surface area contributed by atoms with Crippen LogP contribution in [0.4, 0.5) is 0 Å². The second-order valence-corrected chi connectivity index (χ2v) is 8.10. The molecule has 0 spiro atoms. The van der Waals surface area contributed by atoms with Crippen LogP contribution >= 0.6 is 24.0 Å². The average Bonchev–Trinajstić information content (AvgIpc) is 2.62. The van der Waals surface area contributed by atoms with Gasteiger partial charge in [0.25, 0.3) is 0 Å². The van der Waals surface area contributed by atoms with Gasteiger partial charge in [0.05, 0.1) is 12.6 Å². The van der Waals surface area contributed by atoms with Crippen molar-refractivity contribution in [3.05, 3.63) is 29.8 Å². The third kappa shape index (κ3) is 9.61. The van der Waals surface area contributed by atoms with Crippen LogP contribution in [-0.2, 0) is 11.3 Å². The smallest absolute Gasteiger partial charge is 0.239 e. The Labute approximate surface area is 186 Å². The Bertz CT molecular complexity index is 620. The lowest BCUT2D eigenvalue weighted by atomic mass is 9.98. The Morgan fingerprint density at radius 1 is 1.11 bits per heavy atom. The molecule has 0 atom stereocenters. The van der Waals surface area contributed by atoms with Crippen molar-refractivity contribution < 1.29 is 9.53 Å². The summed E-state index contributed by atoms with van der Waals surface area (Å²) in [4.78, 5) is 16.0. The van der Waals surface area contributed by atoms with E-state index < -0.39 is 0 Å². The van der Waals surface area contributed by atoms with E-state index in [4.69, 9.17) is 4.74 Å². The van der Waals surface area contributed by atoms with E-state index in [-0.39, 0.29) is 42.0 Å². The van der Waals surface area contributed by atoms with E-state index in [0.717, 1.165) is 24.2 Å². The Hall–Kier alpha value is -1.51. The number of nitrogens with zero attached hydrogens (tertiary/aromatic N) is 1. The molecule has 1 amide bonds. The summed E-state index contributed by atoms with van der Waals surface area (Å²) < 4.78 is 6.06. The summed E-state index contributed by atoms with van der Waals surface area (Å²) in [6, 6.07) is 8.17. The van der Waals surface area contributed by atoms with Gasteiger partial charge in [-0.25, -0.2) is 0 Å². The van der Waals surface area contributed by atoms with Crippen LogP contribution in [0.3, 0.4) is 0 Å². The van der Waals surface area contributed by atoms with Crippen LogP contribution in [0.2, 0.25) is 0 Å². The molecule has 1 aliphatic rings. The third-order valence-electron chi connectivity index (χ3n) is 4.39. The summed E-state index contributed by atoms with van der Waals surface area (Å²) in [7, 11) is 1.69. The van der Waals surface area contributed by atoms with Crippen molar-refractivity contribution in [3.8, 4) is 5.75 Å². The summed E-state index contributed by atoms with van der Waals surface area (Å²) in [5.74, 6) is 1.48. The molecule has 0 bridgehead atoms. The number of benzene rings is 1. The van der Waals surface area contributed by atoms with Crippen molar-refractivity contribution in [3.63, 3.8) is 0 Å². The number of carbonyl (C=O) groups is 1. The van der Waals surface area contributed by atoms with E-state index in [9.17, 15) is 4.79 Å². The maximum Gasteiger partial charge on any atom is 0.239 e. The Kier molecular flexibility index (Phi) is 10.6. The second kappa shape index (κ2) is 12.1. The van der Waals surface area contributed by atoms with Crippen LogP contribution in [-0.4, -0.2) is 37.1 Å². The molecule has 6 nitrogen and oxygen atoms in total. The molecule has 28 heavy (non-hydrogen) atoms. The zero-order valence-electron chi connectivity index (χ0n) is 17.5. The first kappa shape index (κ1) is 24.5. The van der Waals surface area contributed by atoms with Crippen molar-refractivity contribution in [2.45, 2.75) is 71.1 Å². The van der Waals surface area contributed by atoms with Gasteiger partial charge in [0, 0.05) is 19.1 Å². The molecule has 1 aromatic carbocycles. The van der Waals surface area contributed by atoms with Gasteiger partial charge in [0.2, 0.25) is 5.91 Å². The van der Waals surface area contributed by atoms with Gasteiger partial charge < -0.3 is 20.7 Å². The lowest BCUT2D eigenvalue weighted by Gasteiger charge is -2.23. The predicted molar refractivity (Wildman–Crippen MR) is 125 cm³/mol. The Balaban J connectivity index is 0.00000392. The van der Waals surface area contributed by atoms with E-state index in [1.807, 2.05) is 32.9 Å². The minimum absolute atomic E-state index is 0. The number of rotatable bonds is 6. The fraction of sp³-hybridized carbons (Fsp3) is 0.619. The molecule has 158 valence electrons. The monoisotopic (exact) mass is 502 g/mol. The maximum atomic E-state index is 11.9. The minimum Gasteiger partial charge on any atom is -0.490 e. The fourth-order valence-electron chi connectivity index (χ4n) is 3.09. The number of nitrogens with one attached hydrogen (secondary N) is 3. The van der Waals surface area contributed by atoms with E-state index in [2.05, 4.69) is 33.1 Å². The van der Waals surface area contributed by atoms with Gasteiger partial charge in [0.15, 0.2) is 5.96 Å². The number of hydrogen-bond donors (Lipinski definition) is 3. The van der Waals surface area contributed by atoms with Gasteiger partial charge in [0.1, 0.15) is 5.75 Å². The summed E-state index contributed by atoms with van der Waals surface area (Å²) in [6.07, 6.45) is 6.56. The SMILES string of the molecule is CN=C(NCC(=O)NC(C)(C)C)NCc1ccc(OC2CCCCC2)cc1.I. The summed E-state index contributed by atoms with van der Waals surface area (Å²) in [6.45, 7) is 6.69. The molecule has 0 radical (unpaired) electrons. The molecular formula is C21H35IN4O2. The van der Waals surface area contributed by atoms with Crippen molar-refractivity contribution >= 4 is 35.8 Å². The van der Waals surface area contributed by atoms with Crippen LogP contribution < -0.4 is 20.7 Å². The zero-order chi connectivity index (χ0) is 19.7. The molecule has 0 saturated heterocycles. The third-order valence-corrected chi connectivity index (χ3v) is 4.39. The zero-order valence-corrected chi connectivity index (χ0v) is 19.8. The molecule has 0 unspecified atom stereocenters. The first-order chi connectivity index (χ1) is 12.9. The number of amides is 1. The largest absolute Gasteiger partial charge is 0.490 e. The number of halogens is 1. The number of carbonyl (C=O) groups excluding carboxylic acids is 1. The normalized spacial score (nSPS) is 15.4.